The van der Waals surface area contributed by atoms with Gasteiger partial charge < -0.3 is 19.7 Å². The maximum atomic E-state index is 14.2. The van der Waals surface area contributed by atoms with Gasteiger partial charge in [0.2, 0.25) is 0 Å². The summed E-state index contributed by atoms with van der Waals surface area (Å²) < 4.78 is 24.3. The summed E-state index contributed by atoms with van der Waals surface area (Å²) in [6, 6.07) is 2.94. The molecule has 21 heavy (non-hydrogen) atoms. The van der Waals surface area contributed by atoms with Crippen molar-refractivity contribution in [1.29, 1.82) is 0 Å². The summed E-state index contributed by atoms with van der Waals surface area (Å²) in [7, 11) is 2.89. The second-order valence-electron chi connectivity index (χ2n) is 5.37. The molecule has 0 spiro atoms. The van der Waals surface area contributed by atoms with Crippen LogP contribution in [0.15, 0.2) is 12.1 Å². The quantitative estimate of drug-likeness (QED) is 0.922. The fraction of sp³-hybridized carbons (Fsp3) is 0.533. The average molecular weight is 296 g/mol. The van der Waals surface area contributed by atoms with Crippen molar-refractivity contribution in [3.63, 3.8) is 0 Å². The van der Waals surface area contributed by atoms with E-state index in [-0.39, 0.29) is 29.3 Å². The van der Waals surface area contributed by atoms with E-state index >= 15 is 0 Å². The average Bonchev–Trinajstić information content (AvgIpc) is 2.45. The van der Waals surface area contributed by atoms with Gasteiger partial charge >= 0.3 is 0 Å². The van der Waals surface area contributed by atoms with Crippen molar-refractivity contribution in [1.82, 2.24) is 10.2 Å². The highest BCUT2D eigenvalue weighted by Gasteiger charge is 2.28. The Bertz CT molecular complexity index is 526. The van der Waals surface area contributed by atoms with E-state index in [0.29, 0.717) is 18.8 Å². The van der Waals surface area contributed by atoms with Gasteiger partial charge in [-0.05, 0) is 19.9 Å². The zero-order valence-corrected chi connectivity index (χ0v) is 12.8. The van der Waals surface area contributed by atoms with Crippen LogP contribution in [0.4, 0.5) is 4.39 Å². The summed E-state index contributed by atoms with van der Waals surface area (Å²) in [5, 5.41) is 3.34. The number of carbonyl (C=O) groups excluding carboxylic acids is 1. The lowest BCUT2D eigenvalue weighted by Crippen LogP contribution is -2.55. The molecule has 2 atom stereocenters. The highest BCUT2D eigenvalue weighted by molar-refractivity contribution is 5.95. The number of hydrogen-bond donors (Lipinski definition) is 1. The number of halogens is 1. The van der Waals surface area contributed by atoms with Crippen LogP contribution >= 0.6 is 0 Å². The lowest BCUT2D eigenvalue weighted by Gasteiger charge is -2.36. The number of methoxy groups -OCH3 is 2. The predicted molar refractivity (Wildman–Crippen MR) is 77.5 cm³/mol. The van der Waals surface area contributed by atoms with Gasteiger partial charge in [-0.2, -0.15) is 0 Å². The fourth-order valence-electron chi connectivity index (χ4n) is 2.68. The number of nitrogens with one attached hydrogen (secondary N) is 1. The summed E-state index contributed by atoms with van der Waals surface area (Å²) in [5.74, 6) is -0.308. The molecule has 1 saturated heterocycles. The number of rotatable bonds is 3. The summed E-state index contributed by atoms with van der Waals surface area (Å²) in [5.41, 5.74) is 0.00829. The monoisotopic (exact) mass is 296 g/mol. The lowest BCUT2D eigenvalue weighted by atomic mass is 10.1. The molecule has 0 bridgehead atoms. The summed E-state index contributed by atoms with van der Waals surface area (Å²) in [6.45, 7) is 5.11. The van der Waals surface area contributed by atoms with Crippen molar-refractivity contribution in [2.24, 2.45) is 0 Å². The van der Waals surface area contributed by atoms with Gasteiger partial charge in [-0.15, -0.1) is 0 Å². The van der Waals surface area contributed by atoms with Crippen molar-refractivity contribution in [2.45, 2.75) is 25.9 Å². The Morgan fingerprint density at radius 3 is 2.24 bits per heavy atom. The molecule has 0 saturated carbocycles. The van der Waals surface area contributed by atoms with E-state index in [1.807, 2.05) is 13.8 Å². The van der Waals surface area contributed by atoms with E-state index in [0.717, 1.165) is 0 Å². The summed E-state index contributed by atoms with van der Waals surface area (Å²) in [4.78, 5) is 14.2. The molecule has 0 aromatic heterocycles. The standard InChI is InChI=1S/C15H21FN2O3/c1-9-7-18(8-10(2)17-9)15(19)11-5-13(20-3)14(21-4)6-12(11)16/h5-6,9-10,17H,7-8H2,1-4H3/t9-,10-/m1/s1. The minimum absolute atomic E-state index is 0.00829. The molecule has 116 valence electrons. The first-order valence-electron chi connectivity index (χ1n) is 6.93. The molecule has 1 amide bonds. The molecule has 1 aromatic carbocycles. The Morgan fingerprint density at radius 1 is 1.19 bits per heavy atom. The van der Waals surface area contributed by atoms with Crippen LogP contribution in [-0.2, 0) is 0 Å². The van der Waals surface area contributed by atoms with E-state index in [1.165, 1.54) is 26.4 Å². The molecule has 1 aromatic rings. The SMILES string of the molecule is COc1cc(F)c(C(=O)N2C[C@@H](C)N[C@H](C)C2)cc1OC. The van der Waals surface area contributed by atoms with E-state index in [9.17, 15) is 9.18 Å². The Balaban J connectivity index is 2.30. The molecule has 0 unspecified atom stereocenters. The van der Waals surface area contributed by atoms with Crippen LogP contribution in [-0.4, -0.2) is 50.2 Å². The minimum Gasteiger partial charge on any atom is -0.493 e. The van der Waals surface area contributed by atoms with Crippen LogP contribution in [0.25, 0.3) is 0 Å². The topological polar surface area (TPSA) is 50.8 Å². The van der Waals surface area contributed by atoms with Gasteiger partial charge in [0.25, 0.3) is 5.91 Å². The Labute approximate surface area is 124 Å². The molecular formula is C15H21FN2O3. The molecule has 1 aliphatic rings. The smallest absolute Gasteiger partial charge is 0.257 e. The number of benzene rings is 1. The van der Waals surface area contributed by atoms with Crippen molar-refractivity contribution in [3.8, 4) is 11.5 Å². The third-order valence-electron chi connectivity index (χ3n) is 3.55. The maximum absolute atomic E-state index is 14.2. The molecule has 5 nitrogen and oxygen atoms in total. The van der Waals surface area contributed by atoms with E-state index in [4.69, 9.17) is 9.47 Å². The molecule has 6 heteroatoms. The van der Waals surface area contributed by atoms with Crippen LogP contribution in [0.2, 0.25) is 0 Å². The molecule has 1 N–H and O–H groups in total. The van der Waals surface area contributed by atoms with Gasteiger partial charge in [-0.3, -0.25) is 4.79 Å². The van der Waals surface area contributed by atoms with Gasteiger partial charge in [0, 0.05) is 31.2 Å². The van der Waals surface area contributed by atoms with Gasteiger partial charge in [0.1, 0.15) is 5.82 Å². The van der Waals surface area contributed by atoms with Gasteiger partial charge in [0.15, 0.2) is 11.5 Å². The van der Waals surface area contributed by atoms with Crippen molar-refractivity contribution < 1.29 is 18.7 Å². The van der Waals surface area contributed by atoms with Gasteiger partial charge in [-0.25, -0.2) is 4.39 Å². The largest absolute Gasteiger partial charge is 0.493 e. The molecule has 2 rings (SSSR count). The van der Waals surface area contributed by atoms with Crippen LogP contribution in [0.5, 0.6) is 11.5 Å². The summed E-state index contributed by atoms with van der Waals surface area (Å²) in [6.07, 6.45) is 0. The second-order valence-corrected chi connectivity index (χ2v) is 5.37. The van der Waals surface area contributed by atoms with Crippen LogP contribution in [0.3, 0.4) is 0 Å². The number of hydrogen-bond acceptors (Lipinski definition) is 4. The molecular weight excluding hydrogens is 275 g/mol. The van der Waals surface area contributed by atoms with E-state index < -0.39 is 5.82 Å². The maximum Gasteiger partial charge on any atom is 0.257 e. The molecule has 1 fully saturated rings. The molecule has 0 radical (unpaired) electrons. The van der Waals surface area contributed by atoms with E-state index in [2.05, 4.69) is 5.32 Å². The van der Waals surface area contributed by atoms with Gasteiger partial charge in [0.05, 0.1) is 19.8 Å². The minimum atomic E-state index is -0.600. The number of piperazine rings is 1. The number of carbonyl (C=O) groups is 1. The molecule has 1 aliphatic heterocycles. The van der Waals surface area contributed by atoms with Crippen molar-refractivity contribution >= 4 is 5.91 Å². The number of amides is 1. The first-order valence-corrected chi connectivity index (χ1v) is 6.93. The van der Waals surface area contributed by atoms with Crippen molar-refractivity contribution in [2.75, 3.05) is 27.3 Å². The molecule has 0 aliphatic carbocycles. The second kappa shape index (κ2) is 6.30. The fourth-order valence-corrected chi connectivity index (χ4v) is 2.68. The van der Waals surface area contributed by atoms with Gasteiger partial charge in [-0.1, -0.05) is 0 Å². The zero-order valence-electron chi connectivity index (χ0n) is 12.8. The summed E-state index contributed by atoms with van der Waals surface area (Å²) >= 11 is 0. The van der Waals surface area contributed by atoms with Crippen LogP contribution in [0, 0.1) is 5.82 Å². The highest BCUT2D eigenvalue weighted by atomic mass is 19.1. The Morgan fingerprint density at radius 2 is 1.71 bits per heavy atom. The predicted octanol–water partition coefficient (Wildman–Crippen LogP) is 1.67. The van der Waals surface area contributed by atoms with Crippen LogP contribution in [0.1, 0.15) is 24.2 Å². The number of nitrogens with zero attached hydrogens (tertiary/aromatic N) is 1. The lowest BCUT2D eigenvalue weighted by molar-refractivity contribution is 0.0668. The molecule has 1 heterocycles. The normalized spacial score (nSPS) is 22.0. The van der Waals surface area contributed by atoms with Crippen molar-refractivity contribution in [3.05, 3.63) is 23.5 Å². The third-order valence-corrected chi connectivity index (χ3v) is 3.55. The van der Waals surface area contributed by atoms with E-state index in [1.54, 1.807) is 4.90 Å². The number of ether oxygens (including phenoxy) is 2. The first-order chi connectivity index (χ1) is 9.96. The highest BCUT2D eigenvalue weighted by Crippen LogP contribution is 2.30. The Kier molecular flexibility index (Phi) is 4.67. The zero-order chi connectivity index (χ0) is 15.6. The Hall–Kier alpha value is -1.82. The van der Waals surface area contributed by atoms with Crippen LogP contribution < -0.4 is 14.8 Å². The third kappa shape index (κ3) is 3.26. The first kappa shape index (κ1) is 15.6.